The largest absolute Gasteiger partial charge is 0.465 e. The molecule has 0 amide bonds. The lowest BCUT2D eigenvalue weighted by Gasteiger charge is -2.02. The Labute approximate surface area is 94.5 Å². The Bertz CT molecular complexity index is 407. The van der Waals surface area contributed by atoms with Crippen molar-refractivity contribution in [3.05, 3.63) is 36.0 Å². The van der Waals surface area contributed by atoms with Gasteiger partial charge in [-0.2, -0.15) is 0 Å². The number of hydrogen-bond acceptors (Lipinski definition) is 4. The normalized spacial score (nSPS) is 10.8. The standard InChI is InChI=1S/C11H16N4O/c1-10-3-4-11(16-10)9-12-5-2-7-15-8-6-13-14-15/h3-4,6,8,12H,2,5,7,9H2,1H3. The third kappa shape index (κ3) is 3.20. The molecule has 0 spiro atoms. The molecule has 5 heteroatoms. The minimum atomic E-state index is 0.783. The zero-order valence-electron chi connectivity index (χ0n) is 9.39. The van der Waals surface area contributed by atoms with E-state index in [1.807, 2.05) is 29.9 Å². The van der Waals surface area contributed by atoms with Gasteiger partial charge in [0.2, 0.25) is 0 Å². The Morgan fingerprint density at radius 3 is 3.06 bits per heavy atom. The van der Waals surface area contributed by atoms with Crippen LogP contribution in [0.3, 0.4) is 0 Å². The van der Waals surface area contributed by atoms with Gasteiger partial charge in [0, 0.05) is 12.7 Å². The second-order valence-electron chi connectivity index (χ2n) is 3.71. The topological polar surface area (TPSA) is 55.9 Å². The lowest BCUT2D eigenvalue weighted by atomic mass is 10.4. The maximum Gasteiger partial charge on any atom is 0.117 e. The van der Waals surface area contributed by atoms with Crippen molar-refractivity contribution in [2.45, 2.75) is 26.4 Å². The first-order valence-corrected chi connectivity index (χ1v) is 5.45. The highest BCUT2D eigenvalue weighted by Gasteiger charge is 1.97. The number of rotatable bonds is 6. The molecule has 0 aromatic carbocycles. The fourth-order valence-corrected chi connectivity index (χ4v) is 1.51. The third-order valence-electron chi connectivity index (χ3n) is 2.31. The van der Waals surface area contributed by atoms with E-state index in [1.165, 1.54) is 0 Å². The molecule has 1 N–H and O–H groups in total. The van der Waals surface area contributed by atoms with Crippen LogP contribution in [0.1, 0.15) is 17.9 Å². The summed E-state index contributed by atoms with van der Waals surface area (Å²) < 4.78 is 7.28. The fourth-order valence-electron chi connectivity index (χ4n) is 1.51. The van der Waals surface area contributed by atoms with Crippen molar-refractivity contribution in [3.8, 4) is 0 Å². The predicted molar refractivity (Wildman–Crippen MR) is 59.8 cm³/mol. The molecule has 0 saturated heterocycles. The SMILES string of the molecule is Cc1ccc(CNCCCn2ccnn2)o1. The summed E-state index contributed by atoms with van der Waals surface area (Å²) in [5.74, 6) is 1.94. The van der Waals surface area contributed by atoms with Crippen LogP contribution in [0.2, 0.25) is 0 Å². The van der Waals surface area contributed by atoms with Gasteiger partial charge in [0.25, 0.3) is 0 Å². The lowest BCUT2D eigenvalue weighted by molar-refractivity contribution is 0.453. The third-order valence-corrected chi connectivity index (χ3v) is 2.31. The lowest BCUT2D eigenvalue weighted by Crippen LogP contribution is -2.16. The number of hydrogen-bond donors (Lipinski definition) is 1. The van der Waals surface area contributed by atoms with Gasteiger partial charge >= 0.3 is 0 Å². The Morgan fingerprint density at radius 1 is 1.44 bits per heavy atom. The molecule has 2 aromatic heterocycles. The van der Waals surface area contributed by atoms with E-state index < -0.39 is 0 Å². The number of nitrogens with zero attached hydrogens (tertiary/aromatic N) is 3. The average Bonchev–Trinajstić information content (AvgIpc) is 2.89. The molecule has 0 radical (unpaired) electrons. The van der Waals surface area contributed by atoms with Gasteiger partial charge in [-0.05, 0) is 32.0 Å². The molecule has 5 nitrogen and oxygen atoms in total. The molecule has 0 fully saturated rings. The van der Waals surface area contributed by atoms with Crippen molar-refractivity contribution < 1.29 is 4.42 Å². The minimum absolute atomic E-state index is 0.783. The van der Waals surface area contributed by atoms with Gasteiger partial charge in [0.05, 0.1) is 12.7 Å². The zero-order valence-corrected chi connectivity index (χ0v) is 9.39. The second-order valence-corrected chi connectivity index (χ2v) is 3.71. The molecule has 0 aliphatic heterocycles. The molecule has 0 atom stereocenters. The first-order valence-electron chi connectivity index (χ1n) is 5.45. The van der Waals surface area contributed by atoms with E-state index in [0.29, 0.717) is 0 Å². The highest BCUT2D eigenvalue weighted by Crippen LogP contribution is 2.05. The van der Waals surface area contributed by atoms with E-state index in [1.54, 1.807) is 6.20 Å². The van der Waals surface area contributed by atoms with Crippen molar-refractivity contribution >= 4 is 0 Å². The summed E-state index contributed by atoms with van der Waals surface area (Å²) >= 11 is 0. The van der Waals surface area contributed by atoms with Gasteiger partial charge < -0.3 is 9.73 Å². The first-order chi connectivity index (χ1) is 7.84. The van der Waals surface area contributed by atoms with Crippen molar-refractivity contribution in [1.82, 2.24) is 20.3 Å². The van der Waals surface area contributed by atoms with Crippen LogP contribution in [0.15, 0.2) is 28.9 Å². The second kappa shape index (κ2) is 5.46. The van der Waals surface area contributed by atoms with Gasteiger partial charge in [-0.25, -0.2) is 0 Å². The van der Waals surface area contributed by atoms with Crippen molar-refractivity contribution in [2.75, 3.05) is 6.54 Å². The summed E-state index contributed by atoms with van der Waals surface area (Å²) in [4.78, 5) is 0. The predicted octanol–water partition coefficient (Wildman–Crippen LogP) is 1.36. The Hall–Kier alpha value is -1.62. The highest BCUT2D eigenvalue weighted by molar-refractivity contribution is 5.04. The average molecular weight is 220 g/mol. The van der Waals surface area contributed by atoms with Crippen LogP contribution in [0.4, 0.5) is 0 Å². The molecule has 0 unspecified atom stereocenters. The van der Waals surface area contributed by atoms with Crippen LogP contribution in [0.5, 0.6) is 0 Å². The van der Waals surface area contributed by atoms with Crippen molar-refractivity contribution in [1.29, 1.82) is 0 Å². The smallest absolute Gasteiger partial charge is 0.117 e. The maximum atomic E-state index is 5.45. The van der Waals surface area contributed by atoms with Crippen LogP contribution >= 0.6 is 0 Å². The van der Waals surface area contributed by atoms with Gasteiger partial charge in [0.1, 0.15) is 11.5 Å². The van der Waals surface area contributed by atoms with Crippen molar-refractivity contribution in [2.24, 2.45) is 0 Å². The molecule has 2 heterocycles. The van der Waals surface area contributed by atoms with Crippen LogP contribution in [0, 0.1) is 6.92 Å². The summed E-state index contributed by atoms with van der Waals surface area (Å²) in [6.07, 6.45) is 4.60. The molecule has 86 valence electrons. The molecule has 2 aromatic rings. The van der Waals surface area contributed by atoms with E-state index in [4.69, 9.17) is 4.42 Å². The number of aryl methyl sites for hydroxylation is 2. The monoisotopic (exact) mass is 220 g/mol. The summed E-state index contributed by atoms with van der Waals surface area (Å²) in [6.45, 7) is 4.57. The van der Waals surface area contributed by atoms with Crippen LogP contribution in [-0.4, -0.2) is 21.5 Å². The molecule has 0 aliphatic rings. The van der Waals surface area contributed by atoms with E-state index in [9.17, 15) is 0 Å². The van der Waals surface area contributed by atoms with E-state index in [2.05, 4.69) is 15.6 Å². The van der Waals surface area contributed by atoms with Crippen LogP contribution in [0.25, 0.3) is 0 Å². The molecule has 16 heavy (non-hydrogen) atoms. The maximum absolute atomic E-state index is 5.45. The molecule has 0 bridgehead atoms. The van der Waals surface area contributed by atoms with E-state index >= 15 is 0 Å². The quantitative estimate of drug-likeness (QED) is 0.747. The van der Waals surface area contributed by atoms with Gasteiger partial charge in [-0.1, -0.05) is 5.21 Å². The number of nitrogens with one attached hydrogen (secondary N) is 1. The molecule has 0 saturated carbocycles. The summed E-state index contributed by atoms with van der Waals surface area (Å²) in [5.41, 5.74) is 0. The summed E-state index contributed by atoms with van der Waals surface area (Å²) in [5, 5.41) is 11.0. The van der Waals surface area contributed by atoms with E-state index in [-0.39, 0.29) is 0 Å². The number of furan rings is 1. The van der Waals surface area contributed by atoms with Crippen LogP contribution < -0.4 is 5.32 Å². The summed E-state index contributed by atoms with van der Waals surface area (Å²) in [7, 11) is 0. The fraction of sp³-hybridized carbons (Fsp3) is 0.455. The Morgan fingerprint density at radius 2 is 2.38 bits per heavy atom. The highest BCUT2D eigenvalue weighted by atomic mass is 16.3. The van der Waals surface area contributed by atoms with Crippen molar-refractivity contribution in [3.63, 3.8) is 0 Å². The molecular formula is C11H16N4O. The Kier molecular flexibility index (Phi) is 3.71. The van der Waals surface area contributed by atoms with Gasteiger partial charge in [-0.15, -0.1) is 5.10 Å². The zero-order chi connectivity index (χ0) is 11.2. The van der Waals surface area contributed by atoms with E-state index in [0.717, 1.165) is 37.6 Å². The Balaban J connectivity index is 1.59. The first kappa shape index (κ1) is 10.9. The molecule has 0 aliphatic carbocycles. The van der Waals surface area contributed by atoms with Gasteiger partial charge in [0.15, 0.2) is 0 Å². The molecule has 2 rings (SSSR count). The van der Waals surface area contributed by atoms with Gasteiger partial charge in [-0.3, -0.25) is 4.68 Å². The van der Waals surface area contributed by atoms with Crippen LogP contribution in [-0.2, 0) is 13.1 Å². The number of aromatic nitrogens is 3. The minimum Gasteiger partial charge on any atom is -0.465 e. The summed E-state index contributed by atoms with van der Waals surface area (Å²) in [6, 6.07) is 3.98. The molecular weight excluding hydrogens is 204 g/mol.